The van der Waals surface area contributed by atoms with Crippen LogP contribution in [-0.2, 0) is 0 Å². The first-order valence-corrected chi connectivity index (χ1v) is 9.18. The van der Waals surface area contributed by atoms with Crippen molar-refractivity contribution < 1.29 is 0 Å². The van der Waals surface area contributed by atoms with Gasteiger partial charge in [0, 0.05) is 38.3 Å². The fourth-order valence-corrected chi connectivity index (χ4v) is 4.71. The van der Waals surface area contributed by atoms with Gasteiger partial charge >= 0.3 is 0 Å². The highest BCUT2D eigenvalue weighted by atomic mass is 15.2. The highest BCUT2D eigenvalue weighted by molar-refractivity contribution is 4.99. The molecule has 1 unspecified atom stereocenters. The van der Waals surface area contributed by atoms with Gasteiger partial charge in [-0.1, -0.05) is 0 Å². The molecule has 122 valence electrons. The van der Waals surface area contributed by atoms with Gasteiger partial charge in [-0.3, -0.25) is 0 Å². The number of rotatable bonds is 4. The van der Waals surface area contributed by atoms with Crippen LogP contribution in [0.3, 0.4) is 0 Å². The molecular weight excluding hydrogens is 258 g/mol. The maximum absolute atomic E-state index is 2.75. The molecule has 3 nitrogen and oxygen atoms in total. The summed E-state index contributed by atoms with van der Waals surface area (Å²) in [6.07, 6.45) is 4.29. The summed E-state index contributed by atoms with van der Waals surface area (Å²) in [6, 6.07) is 1.47. The standard InChI is InChI=1S/C18H35N3/c1-15(2)20-9-6-18(7-10-20)13-19(14-18)11-17-5-8-21(12-17)16(3)4/h15-17H,5-14H2,1-4H3. The molecule has 3 rings (SSSR count). The summed E-state index contributed by atoms with van der Waals surface area (Å²) in [7, 11) is 0. The van der Waals surface area contributed by atoms with E-state index in [0.717, 1.165) is 18.0 Å². The molecule has 0 aromatic rings. The largest absolute Gasteiger partial charge is 0.302 e. The van der Waals surface area contributed by atoms with Gasteiger partial charge in [-0.2, -0.15) is 0 Å². The van der Waals surface area contributed by atoms with E-state index >= 15 is 0 Å². The van der Waals surface area contributed by atoms with Crippen LogP contribution < -0.4 is 0 Å². The van der Waals surface area contributed by atoms with Crippen LogP contribution >= 0.6 is 0 Å². The Bertz CT molecular complexity index is 336. The van der Waals surface area contributed by atoms with Crippen LogP contribution in [0, 0.1) is 11.3 Å². The molecule has 0 saturated carbocycles. The predicted octanol–water partition coefficient (Wildman–Crippen LogP) is 2.52. The van der Waals surface area contributed by atoms with Crippen LogP contribution in [0.1, 0.15) is 47.0 Å². The fourth-order valence-electron chi connectivity index (χ4n) is 4.71. The fraction of sp³-hybridized carbons (Fsp3) is 1.00. The second-order valence-corrected chi connectivity index (χ2v) is 8.54. The predicted molar refractivity (Wildman–Crippen MR) is 89.6 cm³/mol. The number of hydrogen-bond donors (Lipinski definition) is 0. The topological polar surface area (TPSA) is 9.72 Å². The Balaban J connectivity index is 1.39. The first-order valence-electron chi connectivity index (χ1n) is 9.18. The maximum Gasteiger partial charge on any atom is 0.00516 e. The Labute approximate surface area is 131 Å². The SMILES string of the molecule is CC(C)N1CCC2(CC1)CN(CC1CCN(C(C)C)C1)C2. The quantitative estimate of drug-likeness (QED) is 0.788. The van der Waals surface area contributed by atoms with Gasteiger partial charge in [-0.05, 0) is 77.9 Å². The van der Waals surface area contributed by atoms with Crippen LogP contribution in [0.5, 0.6) is 0 Å². The van der Waals surface area contributed by atoms with Gasteiger partial charge in [0.15, 0.2) is 0 Å². The lowest BCUT2D eigenvalue weighted by atomic mass is 9.71. The average molecular weight is 293 g/mol. The number of likely N-dealkylation sites (tertiary alicyclic amines) is 3. The molecule has 0 amide bonds. The Kier molecular flexibility index (Phi) is 4.63. The lowest BCUT2D eigenvalue weighted by Gasteiger charge is -2.55. The molecule has 0 aromatic carbocycles. The van der Waals surface area contributed by atoms with Crippen molar-refractivity contribution in [2.45, 2.75) is 59.0 Å². The molecule has 3 fully saturated rings. The first kappa shape index (κ1) is 15.8. The molecule has 0 radical (unpaired) electrons. The molecular formula is C18H35N3. The van der Waals surface area contributed by atoms with Crippen LogP contribution in [0.15, 0.2) is 0 Å². The Morgan fingerprint density at radius 3 is 2.05 bits per heavy atom. The van der Waals surface area contributed by atoms with E-state index in [1.54, 1.807) is 0 Å². The number of nitrogens with zero attached hydrogens (tertiary/aromatic N) is 3. The third-order valence-electron chi connectivity index (χ3n) is 6.27. The van der Waals surface area contributed by atoms with Crippen molar-refractivity contribution in [2.75, 3.05) is 45.8 Å². The summed E-state index contributed by atoms with van der Waals surface area (Å²) in [4.78, 5) is 8.06. The minimum atomic E-state index is 0.696. The van der Waals surface area contributed by atoms with Crippen LogP contribution in [0.25, 0.3) is 0 Å². The van der Waals surface area contributed by atoms with Gasteiger partial charge in [-0.15, -0.1) is 0 Å². The Hall–Kier alpha value is -0.120. The van der Waals surface area contributed by atoms with Crippen molar-refractivity contribution in [3.05, 3.63) is 0 Å². The van der Waals surface area contributed by atoms with Gasteiger partial charge in [-0.25, -0.2) is 0 Å². The summed E-state index contributed by atoms with van der Waals surface area (Å²) < 4.78 is 0. The molecule has 21 heavy (non-hydrogen) atoms. The van der Waals surface area contributed by atoms with Crippen molar-refractivity contribution in [1.29, 1.82) is 0 Å². The van der Waals surface area contributed by atoms with Gasteiger partial charge in [0.2, 0.25) is 0 Å². The third kappa shape index (κ3) is 3.46. The van der Waals surface area contributed by atoms with E-state index in [2.05, 4.69) is 42.4 Å². The number of piperidine rings is 1. The summed E-state index contributed by atoms with van der Waals surface area (Å²) in [5, 5.41) is 0. The monoisotopic (exact) mass is 293 g/mol. The van der Waals surface area contributed by atoms with E-state index in [1.807, 2.05) is 0 Å². The molecule has 0 aliphatic carbocycles. The van der Waals surface area contributed by atoms with Crippen molar-refractivity contribution >= 4 is 0 Å². The third-order valence-corrected chi connectivity index (χ3v) is 6.27. The van der Waals surface area contributed by atoms with Gasteiger partial charge in [0.1, 0.15) is 0 Å². The minimum absolute atomic E-state index is 0.696. The van der Waals surface area contributed by atoms with E-state index < -0.39 is 0 Å². The highest BCUT2D eigenvalue weighted by Gasteiger charge is 2.45. The lowest BCUT2D eigenvalue weighted by Crippen LogP contribution is -2.61. The molecule has 3 heteroatoms. The molecule has 3 aliphatic heterocycles. The summed E-state index contributed by atoms with van der Waals surface area (Å²) in [6.45, 7) is 18.8. The molecule has 1 atom stereocenters. The zero-order chi connectivity index (χ0) is 15.0. The van der Waals surface area contributed by atoms with E-state index in [1.165, 1.54) is 65.1 Å². The average Bonchev–Trinajstić information content (AvgIpc) is 2.86. The normalized spacial score (nSPS) is 31.4. The van der Waals surface area contributed by atoms with Crippen LogP contribution in [-0.4, -0.2) is 72.6 Å². The zero-order valence-corrected chi connectivity index (χ0v) is 14.6. The van der Waals surface area contributed by atoms with E-state index in [-0.39, 0.29) is 0 Å². The molecule has 3 saturated heterocycles. The second-order valence-electron chi connectivity index (χ2n) is 8.54. The Morgan fingerprint density at radius 1 is 0.905 bits per heavy atom. The first-order chi connectivity index (χ1) is 9.97. The van der Waals surface area contributed by atoms with Crippen LogP contribution in [0.2, 0.25) is 0 Å². The van der Waals surface area contributed by atoms with Crippen molar-refractivity contribution in [3.8, 4) is 0 Å². The highest BCUT2D eigenvalue weighted by Crippen LogP contribution is 2.41. The number of hydrogen-bond acceptors (Lipinski definition) is 3. The smallest absolute Gasteiger partial charge is 0.00516 e. The van der Waals surface area contributed by atoms with Crippen molar-refractivity contribution in [2.24, 2.45) is 11.3 Å². The second kappa shape index (κ2) is 6.17. The van der Waals surface area contributed by atoms with Gasteiger partial charge in [0.25, 0.3) is 0 Å². The lowest BCUT2D eigenvalue weighted by molar-refractivity contribution is -0.0571. The molecule has 1 spiro atoms. The Morgan fingerprint density at radius 2 is 1.52 bits per heavy atom. The van der Waals surface area contributed by atoms with E-state index in [4.69, 9.17) is 0 Å². The molecule has 0 aromatic heterocycles. The summed E-state index contributed by atoms with van der Waals surface area (Å²) >= 11 is 0. The van der Waals surface area contributed by atoms with E-state index in [9.17, 15) is 0 Å². The summed E-state index contributed by atoms with van der Waals surface area (Å²) in [5.41, 5.74) is 0.696. The molecule has 0 bridgehead atoms. The van der Waals surface area contributed by atoms with Crippen LogP contribution in [0.4, 0.5) is 0 Å². The summed E-state index contributed by atoms with van der Waals surface area (Å²) in [5.74, 6) is 0.931. The minimum Gasteiger partial charge on any atom is -0.302 e. The molecule has 3 aliphatic rings. The van der Waals surface area contributed by atoms with Gasteiger partial charge in [0.05, 0.1) is 0 Å². The van der Waals surface area contributed by atoms with Crippen molar-refractivity contribution in [3.63, 3.8) is 0 Å². The van der Waals surface area contributed by atoms with E-state index in [0.29, 0.717) is 5.41 Å². The van der Waals surface area contributed by atoms with Crippen molar-refractivity contribution in [1.82, 2.24) is 14.7 Å². The molecule has 0 N–H and O–H groups in total. The maximum atomic E-state index is 2.75. The van der Waals surface area contributed by atoms with Gasteiger partial charge < -0.3 is 14.7 Å². The zero-order valence-electron chi connectivity index (χ0n) is 14.6. The molecule has 3 heterocycles.